The van der Waals surface area contributed by atoms with Gasteiger partial charge in [-0.1, -0.05) is 23.7 Å². The molecule has 1 atom stereocenters. The third-order valence-electron chi connectivity index (χ3n) is 4.31. The van der Waals surface area contributed by atoms with Gasteiger partial charge in [0.2, 0.25) is 5.91 Å². The first-order valence-corrected chi connectivity index (χ1v) is 8.48. The van der Waals surface area contributed by atoms with Crippen molar-refractivity contribution in [3.05, 3.63) is 53.7 Å². The Morgan fingerprint density at radius 3 is 2.62 bits per heavy atom. The van der Waals surface area contributed by atoms with Crippen molar-refractivity contribution in [2.24, 2.45) is 0 Å². The van der Waals surface area contributed by atoms with Gasteiger partial charge in [0.05, 0.1) is 6.04 Å². The Kier molecular flexibility index (Phi) is 5.33. The number of piperazine rings is 1. The molecule has 0 saturated carbocycles. The zero-order valence-electron chi connectivity index (χ0n) is 13.7. The van der Waals surface area contributed by atoms with Crippen LogP contribution >= 0.6 is 11.6 Å². The molecule has 2 aromatic rings. The fourth-order valence-electron chi connectivity index (χ4n) is 2.86. The van der Waals surface area contributed by atoms with Crippen LogP contribution in [0.15, 0.2) is 48.7 Å². The van der Waals surface area contributed by atoms with E-state index in [-0.39, 0.29) is 11.9 Å². The molecule has 0 aliphatic carbocycles. The quantitative estimate of drug-likeness (QED) is 0.926. The van der Waals surface area contributed by atoms with Crippen LogP contribution in [-0.2, 0) is 4.79 Å². The molecule has 1 fully saturated rings. The van der Waals surface area contributed by atoms with Crippen LogP contribution in [0.4, 0.5) is 11.5 Å². The van der Waals surface area contributed by atoms with Gasteiger partial charge in [0.15, 0.2) is 0 Å². The number of hydrogen-bond acceptors (Lipinski definition) is 4. The van der Waals surface area contributed by atoms with E-state index in [0.717, 1.165) is 37.7 Å². The van der Waals surface area contributed by atoms with Crippen LogP contribution in [0, 0.1) is 0 Å². The first-order valence-electron chi connectivity index (χ1n) is 8.10. The molecule has 0 spiro atoms. The van der Waals surface area contributed by atoms with Gasteiger partial charge >= 0.3 is 0 Å². The number of rotatable bonds is 4. The Morgan fingerprint density at radius 2 is 1.96 bits per heavy atom. The fraction of sp³-hybridized carbons (Fsp3) is 0.333. The summed E-state index contributed by atoms with van der Waals surface area (Å²) in [5, 5.41) is 3.55. The number of benzene rings is 1. The van der Waals surface area contributed by atoms with E-state index in [0.29, 0.717) is 5.02 Å². The Bertz CT molecular complexity index is 686. The molecule has 1 aliphatic rings. The summed E-state index contributed by atoms with van der Waals surface area (Å²) in [5.74, 6) is 0.983. The summed E-state index contributed by atoms with van der Waals surface area (Å²) in [4.78, 5) is 21.3. The Labute approximate surface area is 147 Å². The standard InChI is InChI=1S/C18H21ClN4O/c1-14(18(24)21-16-6-4-5-15(19)13-16)22-9-11-23(12-10-22)17-7-2-3-8-20-17/h2-8,13-14H,9-12H2,1H3,(H,21,24). The second kappa shape index (κ2) is 7.64. The summed E-state index contributed by atoms with van der Waals surface area (Å²) in [5.41, 5.74) is 0.728. The van der Waals surface area contributed by atoms with Gasteiger partial charge in [-0.15, -0.1) is 0 Å². The molecule has 24 heavy (non-hydrogen) atoms. The van der Waals surface area contributed by atoms with Crippen LogP contribution in [0.3, 0.4) is 0 Å². The highest BCUT2D eigenvalue weighted by Crippen LogP contribution is 2.17. The molecule has 1 aromatic carbocycles. The van der Waals surface area contributed by atoms with Crippen molar-refractivity contribution in [1.29, 1.82) is 0 Å². The van der Waals surface area contributed by atoms with E-state index >= 15 is 0 Å². The predicted octanol–water partition coefficient (Wildman–Crippen LogP) is 2.88. The first-order chi connectivity index (χ1) is 11.6. The van der Waals surface area contributed by atoms with Crippen molar-refractivity contribution in [1.82, 2.24) is 9.88 Å². The van der Waals surface area contributed by atoms with Crippen LogP contribution in [0.25, 0.3) is 0 Å². The molecule has 126 valence electrons. The van der Waals surface area contributed by atoms with Crippen LogP contribution in [0.5, 0.6) is 0 Å². The topological polar surface area (TPSA) is 48.5 Å². The van der Waals surface area contributed by atoms with E-state index in [1.165, 1.54) is 0 Å². The largest absolute Gasteiger partial charge is 0.354 e. The SMILES string of the molecule is CC(C(=O)Nc1cccc(Cl)c1)N1CCN(c2ccccn2)CC1. The molecule has 1 unspecified atom stereocenters. The molecule has 3 rings (SSSR count). The summed E-state index contributed by atoms with van der Waals surface area (Å²) >= 11 is 5.96. The zero-order valence-corrected chi connectivity index (χ0v) is 14.4. The highest BCUT2D eigenvalue weighted by molar-refractivity contribution is 6.30. The van der Waals surface area contributed by atoms with Crippen molar-refractivity contribution in [2.75, 3.05) is 36.4 Å². The second-order valence-electron chi connectivity index (χ2n) is 5.89. The number of nitrogens with one attached hydrogen (secondary N) is 1. The summed E-state index contributed by atoms with van der Waals surface area (Å²) in [7, 11) is 0. The van der Waals surface area contributed by atoms with Crippen molar-refractivity contribution < 1.29 is 4.79 Å². The third-order valence-corrected chi connectivity index (χ3v) is 4.54. The van der Waals surface area contributed by atoms with Crippen molar-refractivity contribution in [3.63, 3.8) is 0 Å². The van der Waals surface area contributed by atoms with E-state index in [4.69, 9.17) is 11.6 Å². The van der Waals surface area contributed by atoms with Crippen LogP contribution in [0.2, 0.25) is 5.02 Å². The number of amides is 1. The number of carbonyl (C=O) groups excluding carboxylic acids is 1. The maximum Gasteiger partial charge on any atom is 0.241 e. The van der Waals surface area contributed by atoms with Gasteiger partial charge in [0.25, 0.3) is 0 Å². The van der Waals surface area contributed by atoms with E-state index in [9.17, 15) is 4.79 Å². The van der Waals surface area contributed by atoms with Crippen LogP contribution in [0.1, 0.15) is 6.92 Å². The number of halogens is 1. The lowest BCUT2D eigenvalue weighted by Crippen LogP contribution is -2.53. The average molecular weight is 345 g/mol. The molecular weight excluding hydrogens is 324 g/mol. The van der Waals surface area contributed by atoms with Gasteiger partial charge in [-0.3, -0.25) is 9.69 Å². The molecule has 0 bridgehead atoms. The van der Waals surface area contributed by atoms with Gasteiger partial charge in [0, 0.05) is 43.1 Å². The Hall–Kier alpha value is -2.11. The van der Waals surface area contributed by atoms with Gasteiger partial charge in [-0.2, -0.15) is 0 Å². The van der Waals surface area contributed by atoms with E-state index in [1.54, 1.807) is 12.1 Å². The highest BCUT2D eigenvalue weighted by Gasteiger charge is 2.26. The number of pyridine rings is 1. The maximum absolute atomic E-state index is 12.5. The molecule has 1 N–H and O–H groups in total. The lowest BCUT2D eigenvalue weighted by Gasteiger charge is -2.37. The molecule has 2 heterocycles. The summed E-state index contributed by atoms with van der Waals surface area (Å²) in [6.07, 6.45) is 1.81. The number of aromatic nitrogens is 1. The van der Waals surface area contributed by atoms with Gasteiger partial charge in [-0.05, 0) is 37.3 Å². The number of carbonyl (C=O) groups is 1. The van der Waals surface area contributed by atoms with Gasteiger partial charge in [-0.25, -0.2) is 4.98 Å². The molecule has 1 amide bonds. The monoisotopic (exact) mass is 344 g/mol. The maximum atomic E-state index is 12.5. The molecule has 0 radical (unpaired) electrons. The molecule has 6 heteroatoms. The van der Waals surface area contributed by atoms with Crippen molar-refractivity contribution in [2.45, 2.75) is 13.0 Å². The zero-order chi connectivity index (χ0) is 16.9. The fourth-order valence-corrected chi connectivity index (χ4v) is 3.05. The minimum absolute atomic E-state index is 0.0106. The lowest BCUT2D eigenvalue weighted by molar-refractivity contribution is -0.120. The van der Waals surface area contributed by atoms with E-state index in [1.807, 2.05) is 43.5 Å². The Balaban J connectivity index is 1.55. The molecule has 5 nitrogen and oxygen atoms in total. The molecular formula is C18H21ClN4O. The average Bonchev–Trinajstić information content (AvgIpc) is 2.62. The summed E-state index contributed by atoms with van der Waals surface area (Å²) in [6, 6.07) is 13.0. The summed E-state index contributed by atoms with van der Waals surface area (Å²) in [6.45, 7) is 5.34. The Morgan fingerprint density at radius 1 is 1.17 bits per heavy atom. The normalized spacial score (nSPS) is 16.7. The van der Waals surface area contributed by atoms with Crippen LogP contribution in [-0.4, -0.2) is 48.0 Å². The van der Waals surface area contributed by atoms with Crippen molar-refractivity contribution in [3.8, 4) is 0 Å². The molecule has 1 saturated heterocycles. The number of hydrogen-bond donors (Lipinski definition) is 1. The van der Waals surface area contributed by atoms with Crippen molar-refractivity contribution >= 4 is 29.0 Å². The number of nitrogens with zero attached hydrogens (tertiary/aromatic N) is 3. The second-order valence-corrected chi connectivity index (χ2v) is 6.32. The van der Waals surface area contributed by atoms with Crippen LogP contribution < -0.4 is 10.2 Å². The third kappa shape index (κ3) is 4.04. The van der Waals surface area contributed by atoms with Gasteiger partial charge in [0.1, 0.15) is 5.82 Å². The molecule has 1 aromatic heterocycles. The molecule has 1 aliphatic heterocycles. The number of anilines is 2. The first kappa shape index (κ1) is 16.7. The highest BCUT2D eigenvalue weighted by atomic mass is 35.5. The lowest BCUT2D eigenvalue weighted by atomic mass is 10.2. The van der Waals surface area contributed by atoms with E-state index in [2.05, 4.69) is 20.1 Å². The van der Waals surface area contributed by atoms with E-state index < -0.39 is 0 Å². The smallest absolute Gasteiger partial charge is 0.241 e. The minimum Gasteiger partial charge on any atom is -0.354 e. The summed E-state index contributed by atoms with van der Waals surface area (Å²) < 4.78 is 0. The minimum atomic E-state index is -0.185. The predicted molar refractivity (Wildman–Crippen MR) is 97.6 cm³/mol. The van der Waals surface area contributed by atoms with Gasteiger partial charge < -0.3 is 10.2 Å².